The van der Waals surface area contributed by atoms with Crippen LogP contribution in [0.3, 0.4) is 0 Å². The molecule has 0 saturated carbocycles. The smallest absolute Gasteiger partial charge is 0.167 e. The van der Waals surface area contributed by atoms with Crippen LogP contribution in [0.5, 0.6) is 11.5 Å². The van der Waals surface area contributed by atoms with E-state index in [0.29, 0.717) is 11.4 Å². The van der Waals surface area contributed by atoms with Crippen LogP contribution in [-0.4, -0.2) is 4.98 Å². The summed E-state index contributed by atoms with van der Waals surface area (Å²) in [6.07, 6.45) is 1.55. The van der Waals surface area contributed by atoms with Gasteiger partial charge in [-0.1, -0.05) is 0 Å². The highest BCUT2D eigenvalue weighted by Gasteiger charge is 2.04. The fourth-order valence-corrected chi connectivity index (χ4v) is 1.24. The number of hydrogen-bond acceptors (Lipinski definition) is 3. The molecule has 0 aliphatic carbocycles. The zero-order valence-electron chi connectivity index (χ0n) is 8.77. The van der Waals surface area contributed by atoms with Crippen molar-refractivity contribution in [3.05, 3.63) is 48.0 Å². The highest BCUT2D eigenvalue weighted by molar-refractivity contribution is 5.44. The molecule has 3 nitrogen and oxygen atoms in total. The third-order valence-corrected chi connectivity index (χ3v) is 2.07. The largest absolute Gasteiger partial charge is 0.453 e. The van der Waals surface area contributed by atoms with Crippen molar-refractivity contribution in [3.63, 3.8) is 0 Å². The number of anilines is 1. The van der Waals surface area contributed by atoms with Crippen molar-refractivity contribution in [1.29, 1.82) is 0 Å². The molecule has 0 aliphatic rings. The van der Waals surface area contributed by atoms with Gasteiger partial charge in [-0.05, 0) is 31.2 Å². The lowest BCUT2D eigenvalue weighted by Crippen LogP contribution is -1.92. The second-order valence-corrected chi connectivity index (χ2v) is 3.43. The monoisotopic (exact) mass is 218 g/mol. The zero-order chi connectivity index (χ0) is 11.5. The Balaban J connectivity index is 2.23. The van der Waals surface area contributed by atoms with Gasteiger partial charge in [0.25, 0.3) is 0 Å². The number of halogens is 1. The maximum Gasteiger partial charge on any atom is 0.167 e. The molecule has 1 aromatic carbocycles. The Kier molecular flexibility index (Phi) is 2.72. The van der Waals surface area contributed by atoms with Gasteiger partial charge in [0.2, 0.25) is 0 Å². The molecular weight excluding hydrogens is 207 g/mol. The molecule has 0 atom stereocenters. The van der Waals surface area contributed by atoms with E-state index in [1.165, 1.54) is 12.1 Å². The highest BCUT2D eigenvalue weighted by atomic mass is 19.1. The van der Waals surface area contributed by atoms with E-state index in [1.54, 1.807) is 24.4 Å². The topological polar surface area (TPSA) is 48.1 Å². The van der Waals surface area contributed by atoms with Gasteiger partial charge < -0.3 is 10.5 Å². The third-order valence-electron chi connectivity index (χ3n) is 2.07. The first kappa shape index (κ1) is 10.4. The molecule has 0 bridgehead atoms. The van der Waals surface area contributed by atoms with Crippen LogP contribution >= 0.6 is 0 Å². The Bertz CT molecular complexity index is 497. The van der Waals surface area contributed by atoms with Gasteiger partial charge in [0, 0.05) is 17.4 Å². The number of nitrogen functional groups attached to an aromatic ring is 1. The molecule has 0 aliphatic heterocycles. The second kappa shape index (κ2) is 4.18. The van der Waals surface area contributed by atoms with E-state index in [-0.39, 0.29) is 5.75 Å². The van der Waals surface area contributed by atoms with Gasteiger partial charge in [-0.15, -0.1) is 0 Å². The second-order valence-electron chi connectivity index (χ2n) is 3.43. The fraction of sp³-hybridized carbons (Fsp3) is 0.0833. The molecule has 0 amide bonds. The van der Waals surface area contributed by atoms with Crippen molar-refractivity contribution >= 4 is 5.69 Å². The Morgan fingerprint density at radius 3 is 2.69 bits per heavy atom. The molecule has 0 fully saturated rings. The lowest BCUT2D eigenvalue weighted by atomic mass is 10.3. The van der Waals surface area contributed by atoms with Gasteiger partial charge in [0.1, 0.15) is 5.75 Å². The summed E-state index contributed by atoms with van der Waals surface area (Å²) in [7, 11) is 0. The maximum atomic E-state index is 13.4. The summed E-state index contributed by atoms with van der Waals surface area (Å²) < 4.78 is 18.7. The van der Waals surface area contributed by atoms with E-state index in [9.17, 15) is 4.39 Å². The minimum Gasteiger partial charge on any atom is -0.453 e. The van der Waals surface area contributed by atoms with Crippen LogP contribution in [0.2, 0.25) is 0 Å². The summed E-state index contributed by atoms with van der Waals surface area (Å²) in [5.41, 5.74) is 6.68. The Morgan fingerprint density at radius 1 is 1.25 bits per heavy atom. The molecule has 2 N–H and O–H groups in total. The van der Waals surface area contributed by atoms with Gasteiger partial charge >= 0.3 is 0 Å². The van der Waals surface area contributed by atoms with Crippen molar-refractivity contribution < 1.29 is 9.13 Å². The van der Waals surface area contributed by atoms with Crippen molar-refractivity contribution in [3.8, 4) is 11.5 Å². The van der Waals surface area contributed by atoms with Crippen LogP contribution in [0, 0.1) is 12.7 Å². The zero-order valence-corrected chi connectivity index (χ0v) is 8.77. The number of nitrogens with two attached hydrogens (primary N) is 1. The molecule has 82 valence electrons. The summed E-state index contributed by atoms with van der Waals surface area (Å²) in [4.78, 5) is 4.05. The van der Waals surface area contributed by atoms with Crippen molar-refractivity contribution in [2.45, 2.75) is 6.92 Å². The fourth-order valence-electron chi connectivity index (χ4n) is 1.24. The maximum absolute atomic E-state index is 13.4. The summed E-state index contributed by atoms with van der Waals surface area (Å²) in [5, 5.41) is 0. The molecule has 0 saturated heterocycles. The number of aromatic nitrogens is 1. The predicted octanol–water partition coefficient (Wildman–Crippen LogP) is 2.90. The van der Waals surface area contributed by atoms with E-state index >= 15 is 0 Å². The number of ether oxygens (including phenoxy) is 1. The van der Waals surface area contributed by atoms with Crippen LogP contribution in [0.4, 0.5) is 10.1 Å². The van der Waals surface area contributed by atoms with Crippen LogP contribution < -0.4 is 10.5 Å². The number of benzene rings is 1. The Morgan fingerprint density at radius 2 is 2.06 bits per heavy atom. The van der Waals surface area contributed by atoms with Gasteiger partial charge in [0.15, 0.2) is 11.6 Å². The normalized spacial score (nSPS) is 10.1. The van der Waals surface area contributed by atoms with Crippen LogP contribution in [-0.2, 0) is 0 Å². The molecular formula is C12H11FN2O. The lowest BCUT2D eigenvalue weighted by Gasteiger charge is -2.06. The quantitative estimate of drug-likeness (QED) is 0.788. The first-order valence-corrected chi connectivity index (χ1v) is 4.81. The minimum absolute atomic E-state index is 0.139. The summed E-state index contributed by atoms with van der Waals surface area (Å²) in [5.74, 6) is 0.148. The molecule has 1 aromatic heterocycles. The molecule has 2 rings (SSSR count). The van der Waals surface area contributed by atoms with Gasteiger partial charge in [-0.2, -0.15) is 0 Å². The Hall–Kier alpha value is -2.10. The van der Waals surface area contributed by atoms with Gasteiger partial charge in [-0.3, -0.25) is 4.98 Å². The van der Waals surface area contributed by atoms with E-state index in [2.05, 4.69) is 4.98 Å². The first-order valence-electron chi connectivity index (χ1n) is 4.81. The number of hydrogen-bond donors (Lipinski definition) is 1. The average Bonchev–Trinajstić information content (AvgIpc) is 2.25. The molecule has 4 heteroatoms. The molecule has 1 heterocycles. The number of nitrogens with zero attached hydrogens (tertiary/aromatic N) is 1. The summed E-state index contributed by atoms with van der Waals surface area (Å²) in [6.45, 7) is 1.87. The highest BCUT2D eigenvalue weighted by Crippen LogP contribution is 2.25. The molecule has 16 heavy (non-hydrogen) atoms. The summed E-state index contributed by atoms with van der Waals surface area (Å²) >= 11 is 0. The summed E-state index contributed by atoms with van der Waals surface area (Å²) in [6, 6.07) is 7.82. The SMILES string of the molecule is Cc1ccc(Oc2ccc(N)cc2F)cn1. The van der Waals surface area contributed by atoms with Crippen LogP contribution in [0.25, 0.3) is 0 Å². The molecule has 0 radical (unpaired) electrons. The number of pyridine rings is 1. The predicted molar refractivity (Wildman–Crippen MR) is 59.9 cm³/mol. The Labute approximate surface area is 92.7 Å². The number of rotatable bonds is 2. The first-order chi connectivity index (χ1) is 7.65. The number of aryl methyl sites for hydroxylation is 1. The molecule has 0 unspecified atom stereocenters. The van der Waals surface area contributed by atoms with Crippen molar-refractivity contribution in [2.75, 3.05) is 5.73 Å². The lowest BCUT2D eigenvalue weighted by molar-refractivity contribution is 0.440. The minimum atomic E-state index is -0.486. The van der Waals surface area contributed by atoms with E-state index in [4.69, 9.17) is 10.5 Å². The van der Waals surface area contributed by atoms with Crippen molar-refractivity contribution in [2.24, 2.45) is 0 Å². The third kappa shape index (κ3) is 2.28. The van der Waals surface area contributed by atoms with E-state index < -0.39 is 5.82 Å². The van der Waals surface area contributed by atoms with E-state index in [1.807, 2.05) is 6.92 Å². The standard InChI is InChI=1S/C12H11FN2O/c1-8-2-4-10(7-15-8)16-12-5-3-9(14)6-11(12)13/h2-7H,14H2,1H3. The molecule has 2 aromatic rings. The van der Waals surface area contributed by atoms with E-state index in [0.717, 1.165) is 5.69 Å². The van der Waals surface area contributed by atoms with Crippen LogP contribution in [0.15, 0.2) is 36.5 Å². The van der Waals surface area contributed by atoms with Crippen LogP contribution in [0.1, 0.15) is 5.69 Å². The van der Waals surface area contributed by atoms with Gasteiger partial charge in [-0.25, -0.2) is 4.39 Å². The van der Waals surface area contributed by atoms with Crippen molar-refractivity contribution in [1.82, 2.24) is 4.98 Å². The van der Waals surface area contributed by atoms with Gasteiger partial charge in [0.05, 0.1) is 6.20 Å². The average molecular weight is 218 g/mol. The molecule has 0 spiro atoms.